The summed E-state index contributed by atoms with van der Waals surface area (Å²) in [6.45, 7) is 13.0. The van der Waals surface area contributed by atoms with Gasteiger partial charge in [-0.15, -0.1) is 0 Å². The minimum atomic E-state index is 0. The van der Waals surface area contributed by atoms with Gasteiger partial charge in [0.15, 0.2) is 0 Å². The summed E-state index contributed by atoms with van der Waals surface area (Å²) < 4.78 is 0. The number of hydrogen-bond acceptors (Lipinski definition) is 0. The third-order valence-electron chi connectivity index (χ3n) is 0. The van der Waals surface area contributed by atoms with Crippen molar-refractivity contribution in [3.8, 4) is 0 Å². The third-order valence-corrected chi connectivity index (χ3v) is 0. The molecule has 0 unspecified atom stereocenters. The molecule has 0 rings (SSSR count). The van der Waals surface area contributed by atoms with Crippen LogP contribution in [0.1, 0.15) is 13.8 Å². The standard InChI is InChI=1S/2C3H5.Be/c2*1-3-2;/h2*1,3H,2H3;/q2*-1;+2. The molecule has 0 aliphatic rings. The molecule has 0 aromatic rings. The van der Waals surface area contributed by atoms with E-state index in [1.54, 1.807) is 13.8 Å². The minimum absolute atomic E-state index is 0. The Morgan fingerprint density at radius 2 is 1.00 bits per heavy atom. The summed E-state index contributed by atoms with van der Waals surface area (Å²) in [4.78, 5) is 0. The van der Waals surface area contributed by atoms with Crippen molar-refractivity contribution < 1.29 is 0 Å². The average molecular weight is 91.2 g/mol. The van der Waals surface area contributed by atoms with Gasteiger partial charge >= 0.3 is 10.1 Å². The largest absolute Gasteiger partial charge is 2.00 e. The van der Waals surface area contributed by atoms with E-state index >= 15 is 0 Å². The van der Waals surface area contributed by atoms with Crippen molar-refractivity contribution in [2.45, 2.75) is 13.8 Å². The van der Waals surface area contributed by atoms with Crippen molar-refractivity contribution in [2.75, 3.05) is 0 Å². The van der Waals surface area contributed by atoms with E-state index in [4.69, 9.17) is 13.2 Å². The van der Waals surface area contributed by atoms with Crippen LogP contribution < -0.4 is 0 Å². The van der Waals surface area contributed by atoms with Crippen molar-refractivity contribution in [1.82, 2.24) is 0 Å². The first-order chi connectivity index (χ1) is 2.83. The van der Waals surface area contributed by atoms with Gasteiger partial charge in [0.25, 0.3) is 0 Å². The first kappa shape index (κ1) is 15.9. The molecule has 0 aliphatic heterocycles. The number of rotatable bonds is 0. The Labute approximate surface area is 50.2 Å². The quantitative estimate of drug-likeness (QED) is 0.314. The van der Waals surface area contributed by atoms with E-state index in [0.717, 1.165) is 0 Å². The molecule has 0 atom stereocenters. The van der Waals surface area contributed by atoms with Gasteiger partial charge in [-0.05, 0) is 0 Å². The Hall–Kier alpha value is -0.351. The molecule has 0 aromatic carbocycles. The summed E-state index contributed by atoms with van der Waals surface area (Å²) in [5, 5.41) is 0. The predicted molar refractivity (Wildman–Crippen MR) is 34.8 cm³/mol. The van der Waals surface area contributed by atoms with Crippen LogP contribution in [0.4, 0.5) is 0 Å². The fourth-order valence-electron chi connectivity index (χ4n) is 0. The van der Waals surface area contributed by atoms with E-state index < -0.39 is 0 Å². The zero-order valence-electron chi connectivity index (χ0n) is 5.02. The smallest absolute Gasteiger partial charge is 0.518 e. The summed E-state index contributed by atoms with van der Waals surface area (Å²) in [7, 11) is 0. The van der Waals surface area contributed by atoms with Crippen molar-refractivity contribution >= 4 is 10.1 Å². The fraction of sp³-hybridized carbons (Fsp3) is 0.333. The van der Waals surface area contributed by atoms with Crippen LogP contribution in [0.15, 0.2) is 12.2 Å². The van der Waals surface area contributed by atoms with Gasteiger partial charge in [0.2, 0.25) is 0 Å². The first-order valence-electron chi connectivity index (χ1n) is 1.82. The van der Waals surface area contributed by atoms with Gasteiger partial charge in [0, 0.05) is 0 Å². The third kappa shape index (κ3) is 610. The first-order valence-corrected chi connectivity index (χ1v) is 1.82. The second kappa shape index (κ2) is 44.9. The molecule has 0 radical (unpaired) electrons. The van der Waals surface area contributed by atoms with Crippen molar-refractivity contribution in [1.29, 1.82) is 0 Å². The van der Waals surface area contributed by atoms with Crippen LogP contribution in [0.25, 0.3) is 0 Å². The van der Waals surface area contributed by atoms with Crippen LogP contribution in [-0.2, 0) is 0 Å². The van der Waals surface area contributed by atoms with Gasteiger partial charge in [-0.2, -0.15) is 0 Å². The molecular weight excluding hydrogens is 81.1 g/mol. The summed E-state index contributed by atoms with van der Waals surface area (Å²) in [5.41, 5.74) is 0. The fourth-order valence-corrected chi connectivity index (χ4v) is 0. The van der Waals surface area contributed by atoms with Crippen LogP contribution in [0, 0.1) is 13.2 Å². The van der Waals surface area contributed by atoms with Crippen LogP contribution in [0.3, 0.4) is 0 Å². The number of allylic oxidation sites excluding steroid dienone is 2. The Bertz CT molecular complexity index is 25.2. The summed E-state index contributed by atoms with van der Waals surface area (Å²) in [6.07, 6.45) is 3.00. The van der Waals surface area contributed by atoms with E-state index in [2.05, 4.69) is 0 Å². The molecule has 0 saturated heterocycles. The summed E-state index contributed by atoms with van der Waals surface area (Å²) >= 11 is 0. The molecule has 7 heavy (non-hydrogen) atoms. The van der Waals surface area contributed by atoms with Crippen LogP contribution in [0.2, 0.25) is 0 Å². The van der Waals surface area contributed by atoms with Gasteiger partial charge in [0.1, 0.15) is 0 Å². The molecule has 1 heteroatoms. The Morgan fingerprint density at radius 1 is 1.00 bits per heavy atom. The molecule has 0 bridgehead atoms. The molecule has 36 valence electrons. The molecule has 0 heterocycles. The van der Waals surface area contributed by atoms with Crippen molar-refractivity contribution in [3.63, 3.8) is 0 Å². The zero-order valence-corrected chi connectivity index (χ0v) is 5.02. The van der Waals surface area contributed by atoms with E-state index in [-0.39, 0.29) is 10.1 Å². The molecule has 0 amide bonds. The maximum Gasteiger partial charge on any atom is 2.00 e. The second-order valence-electron chi connectivity index (χ2n) is 0.667. The molecular formula is C6H10Be. The van der Waals surface area contributed by atoms with Gasteiger partial charge in [-0.25, -0.2) is 0 Å². The van der Waals surface area contributed by atoms with Gasteiger partial charge in [0.05, 0.1) is 0 Å². The Morgan fingerprint density at radius 3 is 1.00 bits per heavy atom. The second-order valence-corrected chi connectivity index (χ2v) is 0.667. The van der Waals surface area contributed by atoms with Crippen LogP contribution in [-0.4, -0.2) is 10.1 Å². The van der Waals surface area contributed by atoms with Gasteiger partial charge in [-0.3, -0.25) is 12.2 Å². The normalized spacial score (nSPS) is 3.71. The maximum absolute atomic E-state index is 4.72. The Kier molecular flexibility index (Phi) is 102. The molecule has 0 N–H and O–H groups in total. The van der Waals surface area contributed by atoms with E-state index in [1.165, 1.54) is 12.2 Å². The van der Waals surface area contributed by atoms with E-state index in [1.807, 2.05) is 0 Å². The number of hydrogen-bond donors (Lipinski definition) is 0. The Balaban J connectivity index is -0.0000000400. The minimum Gasteiger partial charge on any atom is -0.518 e. The van der Waals surface area contributed by atoms with Crippen molar-refractivity contribution in [3.05, 3.63) is 25.3 Å². The molecule has 0 spiro atoms. The molecule has 0 saturated carbocycles. The van der Waals surface area contributed by atoms with Crippen LogP contribution >= 0.6 is 0 Å². The molecule has 0 nitrogen and oxygen atoms in total. The predicted octanol–water partition coefficient (Wildman–Crippen LogP) is 1.61. The van der Waals surface area contributed by atoms with E-state index in [9.17, 15) is 0 Å². The SMILES string of the molecule is [Be+2].[CH-]=CC.[CH-]=CC. The molecule has 0 fully saturated rings. The van der Waals surface area contributed by atoms with E-state index in [0.29, 0.717) is 0 Å². The summed E-state index contributed by atoms with van der Waals surface area (Å²) in [6, 6.07) is 0. The zero-order chi connectivity index (χ0) is 5.41. The topological polar surface area (TPSA) is 0 Å². The summed E-state index contributed by atoms with van der Waals surface area (Å²) in [5.74, 6) is 0. The molecule has 0 aliphatic carbocycles. The van der Waals surface area contributed by atoms with Crippen molar-refractivity contribution in [2.24, 2.45) is 0 Å². The average Bonchev–Trinajstić information content (AvgIpc) is 1.39. The van der Waals surface area contributed by atoms with Gasteiger partial charge in [-0.1, -0.05) is 13.8 Å². The van der Waals surface area contributed by atoms with Crippen LogP contribution in [0.5, 0.6) is 0 Å². The monoisotopic (exact) mass is 91.1 g/mol. The van der Waals surface area contributed by atoms with Gasteiger partial charge < -0.3 is 13.2 Å². The maximum atomic E-state index is 4.72. The molecule has 0 aromatic heterocycles.